The van der Waals surface area contributed by atoms with Gasteiger partial charge >= 0.3 is 0 Å². The number of hydrogen-bond donors (Lipinski definition) is 0. The quantitative estimate of drug-likeness (QED) is 0.272. The molecule has 0 aliphatic carbocycles. The fourth-order valence-electron chi connectivity index (χ4n) is 6.35. The summed E-state index contributed by atoms with van der Waals surface area (Å²) in [6, 6.07) is 25.0. The number of benzene rings is 3. The number of pyridine rings is 1. The molecule has 160 valence electrons. The van der Waals surface area contributed by atoms with E-state index in [0.717, 1.165) is 19.3 Å². The van der Waals surface area contributed by atoms with Crippen LogP contribution < -0.4 is 4.57 Å². The third-order valence-electron chi connectivity index (χ3n) is 8.11. The molecule has 5 aromatic rings. The summed E-state index contributed by atoms with van der Waals surface area (Å²) in [5, 5.41) is 2.79. The Morgan fingerprint density at radius 2 is 1.59 bits per heavy atom. The molecule has 0 saturated heterocycles. The zero-order chi connectivity index (χ0) is 22.0. The van der Waals surface area contributed by atoms with E-state index < -0.39 is 0 Å². The zero-order valence-corrected chi connectivity index (χ0v) is 19.6. The molecule has 6 rings (SSSR count). The summed E-state index contributed by atoms with van der Waals surface area (Å²) >= 11 is 0. The van der Waals surface area contributed by atoms with Crippen molar-refractivity contribution in [3.05, 3.63) is 83.4 Å². The third-order valence-corrected chi connectivity index (χ3v) is 8.11. The molecule has 1 aliphatic rings. The van der Waals surface area contributed by atoms with Crippen molar-refractivity contribution in [1.29, 1.82) is 0 Å². The van der Waals surface area contributed by atoms with Crippen molar-refractivity contribution >= 4 is 27.5 Å². The van der Waals surface area contributed by atoms with Gasteiger partial charge in [-0.1, -0.05) is 62.4 Å². The molecule has 3 aromatic carbocycles. The van der Waals surface area contributed by atoms with Crippen LogP contribution in [0.2, 0.25) is 0 Å². The van der Waals surface area contributed by atoms with Gasteiger partial charge in [-0.15, -0.1) is 0 Å². The average molecular weight is 420 g/mol. The van der Waals surface area contributed by atoms with Gasteiger partial charge in [-0.05, 0) is 79.8 Å². The Morgan fingerprint density at radius 1 is 0.875 bits per heavy atom. The molecule has 0 bridgehead atoms. The Labute approximate surface area is 190 Å². The number of aromatic nitrogens is 2. The molecule has 2 aromatic heterocycles. The van der Waals surface area contributed by atoms with Crippen molar-refractivity contribution < 1.29 is 4.57 Å². The highest BCUT2D eigenvalue weighted by atomic mass is 15.2. The fourth-order valence-corrected chi connectivity index (χ4v) is 6.35. The Balaban J connectivity index is 1.95. The van der Waals surface area contributed by atoms with Gasteiger partial charge < -0.3 is 0 Å². The third kappa shape index (κ3) is 2.44. The van der Waals surface area contributed by atoms with Gasteiger partial charge in [0.05, 0.1) is 5.39 Å². The molecule has 0 N–H and O–H groups in total. The summed E-state index contributed by atoms with van der Waals surface area (Å²) < 4.78 is 5.29. The minimum absolute atomic E-state index is 0.125. The lowest BCUT2D eigenvalue weighted by atomic mass is 9.86. The number of hydrogen-bond acceptors (Lipinski definition) is 0. The van der Waals surface area contributed by atoms with Crippen LogP contribution in [0, 0.1) is 13.8 Å². The van der Waals surface area contributed by atoms with Crippen LogP contribution in [0.4, 0.5) is 0 Å². The summed E-state index contributed by atoms with van der Waals surface area (Å²) in [5.41, 5.74) is 11.0. The predicted molar refractivity (Wildman–Crippen MR) is 134 cm³/mol. The van der Waals surface area contributed by atoms with Crippen LogP contribution in [0.15, 0.2) is 66.7 Å². The van der Waals surface area contributed by atoms with Crippen molar-refractivity contribution in [2.24, 2.45) is 0 Å². The van der Waals surface area contributed by atoms with E-state index in [9.17, 15) is 0 Å². The molecule has 2 heteroatoms. The Hall–Kier alpha value is -3.13. The number of para-hydroxylation sites is 2. The normalized spacial score (nSPS) is 15.1. The largest absolute Gasteiger partial charge is 0.296 e. The maximum Gasteiger partial charge on any atom is 0.296 e. The first-order valence-corrected chi connectivity index (χ1v) is 12.1. The van der Waals surface area contributed by atoms with Crippen LogP contribution in [0.25, 0.3) is 38.7 Å². The van der Waals surface area contributed by atoms with Gasteiger partial charge in [-0.2, -0.15) is 4.40 Å². The molecule has 2 nitrogen and oxygen atoms in total. The highest BCUT2D eigenvalue weighted by Crippen LogP contribution is 2.40. The lowest BCUT2D eigenvalue weighted by Crippen LogP contribution is -2.55. The topological polar surface area (TPSA) is 8.29 Å². The van der Waals surface area contributed by atoms with E-state index in [0.29, 0.717) is 0 Å². The van der Waals surface area contributed by atoms with E-state index in [-0.39, 0.29) is 5.54 Å². The monoisotopic (exact) mass is 419 g/mol. The molecule has 0 spiro atoms. The van der Waals surface area contributed by atoms with Crippen molar-refractivity contribution in [3.8, 4) is 11.3 Å². The van der Waals surface area contributed by atoms with Gasteiger partial charge in [0.15, 0.2) is 11.0 Å². The van der Waals surface area contributed by atoms with Crippen molar-refractivity contribution in [2.45, 2.75) is 58.9 Å². The molecule has 0 radical (unpaired) electrons. The Morgan fingerprint density at radius 3 is 2.34 bits per heavy atom. The maximum absolute atomic E-state index is 2.72. The van der Waals surface area contributed by atoms with Crippen LogP contribution >= 0.6 is 0 Å². The molecule has 0 unspecified atom stereocenters. The molecule has 0 atom stereocenters. The predicted octanol–water partition coefficient (Wildman–Crippen LogP) is 7.28. The first kappa shape index (κ1) is 19.5. The van der Waals surface area contributed by atoms with E-state index in [2.05, 4.69) is 103 Å². The Bertz CT molecular complexity index is 1500. The molecular weight excluding hydrogens is 388 g/mol. The van der Waals surface area contributed by atoms with Gasteiger partial charge in [-0.25, -0.2) is 4.57 Å². The van der Waals surface area contributed by atoms with Crippen LogP contribution in [-0.4, -0.2) is 4.40 Å². The lowest BCUT2D eigenvalue weighted by molar-refractivity contribution is -0.721. The second kappa shape index (κ2) is 6.93. The molecule has 0 amide bonds. The molecule has 32 heavy (non-hydrogen) atoms. The van der Waals surface area contributed by atoms with Crippen LogP contribution in [0.3, 0.4) is 0 Å². The smallest absolute Gasteiger partial charge is 0.217 e. The minimum Gasteiger partial charge on any atom is -0.217 e. The maximum atomic E-state index is 2.72. The van der Waals surface area contributed by atoms with Gasteiger partial charge in [-0.3, -0.25) is 0 Å². The van der Waals surface area contributed by atoms with Crippen molar-refractivity contribution in [1.82, 2.24) is 4.40 Å². The minimum atomic E-state index is 0.125. The average Bonchev–Trinajstić information content (AvgIpc) is 3.08. The molecular formula is C30H31N2+. The van der Waals surface area contributed by atoms with E-state index in [1.54, 1.807) is 0 Å². The fraction of sp³-hybridized carbons (Fsp3) is 0.300. The first-order chi connectivity index (χ1) is 15.6. The van der Waals surface area contributed by atoms with Gasteiger partial charge in [0.2, 0.25) is 0 Å². The second-order valence-electron chi connectivity index (χ2n) is 9.59. The van der Waals surface area contributed by atoms with E-state index in [1.807, 2.05) is 0 Å². The summed E-state index contributed by atoms with van der Waals surface area (Å²) in [4.78, 5) is 0. The molecule has 3 heterocycles. The highest BCUT2D eigenvalue weighted by Gasteiger charge is 2.41. The van der Waals surface area contributed by atoms with Crippen molar-refractivity contribution in [2.75, 3.05) is 0 Å². The van der Waals surface area contributed by atoms with Gasteiger partial charge in [0, 0.05) is 5.56 Å². The van der Waals surface area contributed by atoms with E-state index in [1.165, 1.54) is 61.8 Å². The highest BCUT2D eigenvalue weighted by molar-refractivity contribution is 6.01. The number of rotatable bonds is 3. The van der Waals surface area contributed by atoms with Crippen LogP contribution in [0.1, 0.15) is 49.8 Å². The van der Waals surface area contributed by atoms with Crippen LogP contribution in [0.5, 0.6) is 0 Å². The van der Waals surface area contributed by atoms with E-state index in [4.69, 9.17) is 0 Å². The second-order valence-corrected chi connectivity index (χ2v) is 9.59. The number of nitrogens with zero attached hydrogens (tertiary/aromatic N) is 2. The number of aryl methyl sites for hydroxylation is 3. The first-order valence-electron chi connectivity index (χ1n) is 12.1. The number of imidazole rings is 1. The molecule has 0 fully saturated rings. The standard InChI is InChI=1S/C30H31N2/c1-5-30(6-2)18-17-22-13-10-14-23-19-26(27-20(3)11-9-12-21(27)4)31-24-15-7-8-16-25(24)32(30)29(31)28(22)23/h7-16,19H,5-6,17-18H2,1-4H3/q+1. The SMILES string of the molecule is CCC1(CC)CCc2cccc3cc(-c4c(C)cccc4C)n4c5ccccc5[n+]1c4c23. The number of fused-ring (bicyclic) bond motifs is 3. The zero-order valence-electron chi connectivity index (χ0n) is 19.6. The van der Waals surface area contributed by atoms with E-state index >= 15 is 0 Å². The lowest BCUT2D eigenvalue weighted by Gasteiger charge is -2.28. The summed E-state index contributed by atoms with van der Waals surface area (Å²) in [7, 11) is 0. The summed E-state index contributed by atoms with van der Waals surface area (Å²) in [5.74, 6) is 0. The Kier molecular flexibility index (Phi) is 4.24. The summed E-state index contributed by atoms with van der Waals surface area (Å²) in [6.45, 7) is 9.23. The molecule has 1 aliphatic heterocycles. The summed E-state index contributed by atoms with van der Waals surface area (Å²) in [6.07, 6.45) is 4.59. The van der Waals surface area contributed by atoms with Gasteiger partial charge in [0.1, 0.15) is 11.2 Å². The molecule has 0 saturated carbocycles. The van der Waals surface area contributed by atoms with Gasteiger partial charge in [0.25, 0.3) is 5.65 Å². The van der Waals surface area contributed by atoms with Crippen molar-refractivity contribution in [3.63, 3.8) is 0 Å². The van der Waals surface area contributed by atoms with Crippen LogP contribution in [-0.2, 0) is 12.0 Å².